The highest BCUT2D eigenvalue weighted by atomic mass is 16.5. The van der Waals surface area contributed by atoms with Gasteiger partial charge in [0.15, 0.2) is 5.82 Å². The van der Waals surface area contributed by atoms with E-state index in [2.05, 4.69) is 65.4 Å². The molecule has 0 N–H and O–H groups in total. The fourth-order valence-corrected chi connectivity index (χ4v) is 4.03. The Balaban J connectivity index is 1.51. The topological polar surface area (TPSA) is 35.0 Å². The molecule has 0 bridgehead atoms. The Morgan fingerprint density at radius 1 is 0.688 bits per heavy atom. The zero-order valence-electron chi connectivity index (χ0n) is 19.9. The number of hydrogen-bond donors (Lipinski definition) is 0. The summed E-state index contributed by atoms with van der Waals surface area (Å²) in [6.45, 7) is 5.66. The molecule has 0 aliphatic heterocycles. The molecule has 3 heteroatoms. The summed E-state index contributed by atoms with van der Waals surface area (Å²) in [6.07, 6.45) is 15.8. The standard InChI is InChI=1S/C29H38N2O/c1-3-5-6-7-8-9-10-11-14-24-21-30-29(31-22-24)26-19-17-25(18-20-26)28-16-13-12-15-27(28)23-32-4-2/h12-13,15-22H,3-11,14,23H2,1-2H3. The van der Waals surface area contributed by atoms with Gasteiger partial charge in [-0.1, -0.05) is 100 Å². The molecular weight excluding hydrogens is 392 g/mol. The van der Waals surface area contributed by atoms with Gasteiger partial charge in [0, 0.05) is 24.6 Å². The molecule has 3 nitrogen and oxygen atoms in total. The lowest BCUT2D eigenvalue weighted by molar-refractivity contribution is 0.134. The summed E-state index contributed by atoms with van der Waals surface area (Å²) >= 11 is 0. The summed E-state index contributed by atoms with van der Waals surface area (Å²) in [7, 11) is 0. The van der Waals surface area contributed by atoms with Gasteiger partial charge in [-0.3, -0.25) is 0 Å². The number of nitrogens with zero attached hydrogens (tertiary/aromatic N) is 2. The number of rotatable bonds is 14. The van der Waals surface area contributed by atoms with Crippen molar-refractivity contribution in [1.29, 1.82) is 0 Å². The van der Waals surface area contributed by atoms with Crippen LogP contribution in [0.4, 0.5) is 0 Å². The van der Waals surface area contributed by atoms with Crippen LogP contribution in [0.25, 0.3) is 22.5 Å². The first-order valence-corrected chi connectivity index (χ1v) is 12.4. The fourth-order valence-electron chi connectivity index (χ4n) is 4.03. The Labute approximate surface area is 194 Å². The first kappa shape index (κ1) is 24.1. The van der Waals surface area contributed by atoms with Crippen LogP contribution in [-0.4, -0.2) is 16.6 Å². The average Bonchev–Trinajstić information content (AvgIpc) is 2.85. The molecule has 2 aromatic carbocycles. The van der Waals surface area contributed by atoms with Crippen LogP contribution in [0.5, 0.6) is 0 Å². The van der Waals surface area contributed by atoms with E-state index in [9.17, 15) is 0 Å². The Morgan fingerprint density at radius 3 is 2.00 bits per heavy atom. The minimum absolute atomic E-state index is 0.637. The molecule has 0 radical (unpaired) electrons. The summed E-state index contributed by atoms with van der Waals surface area (Å²) in [4.78, 5) is 9.25. The molecule has 0 aliphatic carbocycles. The molecule has 3 rings (SSSR count). The summed E-state index contributed by atoms with van der Waals surface area (Å²) < 4.78 is 5.63. The van der Waals surface area contributed by atoms with Gasteiger partial charge in [-0.15, -0.1) is 0 Å². The lowest BCUT2D eigenvalue weighted by Gasteiger charge is -2.10. The van der Waals surface area contributed by atoms with Gasteiger partial charge in [-0.25, -0.2) is 9.97 Å². The molecule has 170 valence electrons. The maximum Gasteiger partial charge on any atom is 0.159 e. The molecule has 32 heavy (non-hydrogen) atoms. The maximum atomic E-state index is 5.63. The van der Waals surface area contributed by atoms with Crippen LogP contribution >= 0.6 is 0 Å². The molecule has 1 aromatic heterocycles. The highest BCUT2D eigenvalue weighted by Gasteiger charge is 2.07. The van der Waals surface area contributed by atoms with Crippen LogP contribution in [0.2, 0.25) is 0 Å². The second kappa shape index (κ2) is 13.8. The molecule has 0 saturated heterocycles. The number of aromatic nitrogens is 2. The third-order valence-electron chi connectivity index (χ3n) is 5.96. The van der Waals surface area contributed by atoms with Gasteiger partial charge in [0.1, 0.15) is 0 Å². The predicted octanol–water partition coefficient (Wildman–Crippen LogP) is 8.03. The van der Waals surface area contributed by atoms with Crippen LogP contribution in [0.15, 0.2) is 60.9 Å². The van der Waals surface area contributed by atoms with E-state index in [0.717, 1.165) is 24.4 Å². The van der Waals surface area contributed by atoms with Gasteiger partial charge >= 0.3 is 0 Å². The zero-order valence-corrected chi connectivity index (χ0v) is 19.9. The van der Waals surface area contributed by atoms with E-state index in [1.807, 2.05) is 19.3 Å². The SMILES string of the molecule is CCCCCCCCCCc1cnc(-c2ccc(-c3ccccc3COCC)cc2)nc1. The Bertz CT molecular complexity index is 903. The van der Waals surface area contributed by atoms with Gasteiger partial charge < -0.3 is 4.74 Å². The first-order chi connectivity index (χ1) is 15.8. The molecule has 0 atom stereocenters. The van der Waals surface area contributed by atoms with E-state index in [-0.39, 0.29) is 0 Å². The number of hydrogen-bond acceptors (Lipinski definition) is 3. The fraction of sp³-hybridized carbons (Fsp3) is 0.448. The molecule has 0 saturated carbocycles. The molecule has 0 amide bonds. The van der Waals surface area contributed by atoms with Crippen LogP contribution in [0, 0.1) is 0 Å². The quantitative estimate of drug-likeness (QED) is 0.243. The molecule has 1 heterocycles. The van der Waals surface area contributed by atoms with Crippen LogP contribution in [-0.2, 0) is 17.8 Å². The molecule has 0 aliphatic rings. The van der Waals surface area contributed by atoms with E-state index in [0.29, 0.717) is 6.61 Å². The Hall–Kier alpha value is -2.52. The minimum atomic E-state index is 0.637. The largest absolute Gasteiger partial charge is 0.377 e. The number of unbranched alkanes of at least 4 members (excludes halogenated alkanes) is 7. The lowest BCUT2D eigenvalue weighted by atomic mass is 9.99. The molecule has 0 fully saturated rings. The number of aryl methyl sites for hydroxylation is 1. The van der Waals surface area contributed by atoms with Crippen LogP contribution < -0.4 is 0 Å². The molecular formula is C29H38N2O. The van der Waals surface area contributed by atoms with Crippen molar-refractivity contribution in [2.75, 3.05) is 6.61 Å². The molecule has 0 unspecified atom stereocenters. The van der Waals surface area contributed by atoms with Gasteiger partial charge in [0.2, 0.25) is 0 Å². The predicted molar refractivity (Wildman–Crippen MR) is 135 cm³/mol. The second-order valence-electron chi connectivity index (χ2n) is 8.51. The Morgan fingerprint density at radius 2 is 1.31 bits per heavy atom. The van der Waals surface area contributed by atoms with Crippen molar-refractivity contribution >= 4 is 0 Å². The highest BCUT2D eigenvalue weighted by Crippen LogP contribution is 2.26. The highest BCUT2D eigenvalue weighted by molar-refractivity contribution is 5.70. The summed E-state index contributed by atoms with van der Waals surface area (Å²) in [5.41, 5.74) is 5.91. The van der Waals surface area contributed by atoms with Gasteiger partial charge in [-0.05, 0) is 42.0 Å². The van der Waals surface area contributed by atoms with Gasteiger partial charge in [0.05, 0.1) is 6.61 Å². The van der Waals surface area contributed by atoms with E-state index in [1.165, 1.54) is 73.6 Å². The van der Waals surface area contributed by atoms with Crippen molar-refractivity contribution in [1.82, 2.24) is 9.97 Å². The second-order valence-corrected chi connectivity index (χ2v) is 8.51. The average molecular weight is 431 g/mol. The molecule has 0 spiro atoms. The summed E-state index contributed by atoms with van der Waals surface area (Å²) in [6, 6.07) is 17.0. The van der Waals surface area contributed by atoms with Crippen molar-refractivity contribution in [2.45, 2.75) is 78.2 Å². The van der Waals surface area contributed by atoms with Crippen molar-refractivity contribution in [3.63, 3.8) is 0 Å². The van der Waals surface area contributed by atoms with Crippen molar-refractivity contribution < 1.29 is 4.74 Å². The van der Waals surface area contributed by atoms with E-state index >= 15 is 0 Å². The maximum absolute atomic E-state index is 5.63. The third kappa shape index (κ3) is 7.56. The van der Waals surface area contributed by atoms with Crippen LogP contribution in [0.1, 0.15) is 76.3 Å². The lowest BCUT2D eigenvalue weighted by Crippen LogP contribution is -1.95. The van der Waals surface area contributed by atoms with Crippen molar-refractivity contribution in [3.8, 4) is 22.5 Å². The smallest absolute Gasteiger partial charge is 0.159 e. The van der Waals surface area contributed by atoms with E-state index < -0.39 is 0 Å². The number of ether oxygens (including phenoxy) is 1. The van der Waals surface area contributed by atoms with Crippen molar-refractivity contribution in [2.24, 2.45) is 0 Å². The van der Waals surface area contributed by atoms with Gasteiger partial charge in [0.25, 0.3) is 0 Å². The monoisotopic (exact) mass is 430 g/mol. The minimum Gasteiger partial charge on any atom is -0.377 e. The summed E-state index contributed by atoms with van der Waals surface area (Å²) in [5.74, 6) is 0.791. The number of benzene rings is 2. The van der Waals surface area contributed by atoms with Crippen LogP contribution in [0.3, 0.4) is 0 Å². The Kier molecular flexibility index (Phi) is 10.4. The van der Waals surface area contributed by atoms with Crippen molar-refractivity contribution in [3.05, 3.63) is 72.1 Å². The van der Waals surface area contributed by atoms with E-state index in [4.69, 9.17) is 4.74 Å². The summed E-state index contributed by atoms with van der Waals surface area (Å²) in [5, 5.41) is 0. The first-order valence-electron chi connectivity index (χ1n) is 12.4. The van der Waals surface area contributed by atoms with E-state index in [1.54, 1.807) is 0 Å². The van der Waals surface area contributed by atoms with Gasteiger partial charge in [-0.2, -0.15) is 0 Å². The molecule has 3 aromatic rings. The third-order valence-corrected chi connectivity index (χ3v) is 5.96. The normalized spacial score (nSPS) is 11.1. The zero-order chi connectivity index (χ0) is 22.4.